The molecule has 0 aliphatic heterocycles. The third-order valence-electron chi connectivity index (χ3n) is 3.23. The number of sulfonamides is 1. The summed E-state index contributed by atoms with van der Waals surface area (Å²) < 4.78 is 37.8. The van der Waals surface area contributed by atoms with Crippen molar-refractivity contribution in [1.82, 2.24) is 4.72 Å². The van der Waals surface area contributed by atoms with E-state index in [1.165, 1.54) is 61.7 Å². The summed E-state index contributed by atoms with van der Waals surface area (Å²) in [7, 11) is -5.29. The Kier molecular flexibility index (Phi) is 5.30. The maximum atomic E-state index is 12.3. The van der Waals surface area contributed by atoms with E-state index in [-0.39, 0.29) is 21.8 Å². The lowest BCUT2D eigenvalue weighted by molar-refractivity contribution is 0.0979. The summed E-state index contributed by atoms with van der Waals surface area (Å²) in [4.78, 5) is 23.8. The van der Waals surface area contributed by atoms with Gasteiger partial charge in [0.15, 0.2) is 5.78 Å². The van der Waals surface area contributed by atoms with Gasteiger partial charge in [-0.05, 0) is 43.3 Å². The molecule has 0 saturated carbocycles. The quantitative estimate of drug-likeness (QED) is 0.814. The largest absolute Gasteiger partial charge is 0.295 e. The van der Waals surface area contributed by atoms with Crippen molar-refractivity contribution in [2.24, 2.45) is 0 Å². The second-order valence-corrected chi connectivity index (χ2v) is 8.06. The molecule has 1 N–H and O–H groups in total. The highest BCUT2D eigenvalue weighted by Crippen LogP contribution is 2.13. The summed E-state index contributed by atoms with van der Waals surface area (Å²) in [6.45, 7) is 1.32. The van der Waals surface area contributed by atoms with Crippen LogP contribution in [0.4, 0.5) is 0 Å². The molecule has 0 aromatic heterocycles. The Bertz CT molecular complexity index is 918. The fourth-order valence-electron chi connectivity index (χ4n) is 1.92. The van der Waals surface area contributed by atoms with E-state index < -0.39 is 26.7 Å². The zero-order valence-corrected chi connectivity index (χ0v) is 14.6. The van der Waals surface area contributed by atoms with Gasteiger partial charge in [-0.15, -0.1) is 0 Å². The van der Waals surface area contributed by atoms with Crippen LogP contribution in [-0.2, 0) is 20.8 Å². The van der Waals surface area contributed by atoms with Gasteiger partial charge < -0.3 is 0 Å². The van der Waals surface area contributed by atoms with Crippen molar-refractivity contribution in [1.29, 1.82) is 0 Å². The van der Waals surface area contributed by atoms with Crippen LogP contribution in [0.1, 0.15) is 27.6 Å². The van der Waals surface area contributed by atoms with Crippen molar-refractivity contribution in [3.63, 3.8) is 0 Å². The normalized spacial score (nSPS) is 12.4. The number of ketones is 1. The van der Waals surface area contributed by atoms with Gasteiger partial charge in [0.1, 0.15) is 0 Å². The third kappa shape index (κ3) is 4.15. The summed E-state index contributed by atoms with van der Waals surface area (Å²) >= 11 is 0. The number of hydrogen-bond donors (Lipinski definition) is 1. The van der Waals surface area contributed by atoms with Crippen LogP contribution in [0.5, 0.6) is 0 Å². The lowest BCUT2D eigenvalue weighted by Gasteiger charge is -2.08. The molecule has 1 atom stereocenters. The molecule has 8 heteroatoms. The maximum Gasteiger partial charge on any atom is 0.264 e. The first kappa shape index (κ1) is 18.0. The van der Waals surface area contributed by atoms with Crippen molar-refractivity contribution in [3.8, 4) is 0 Å². The van der Waals surface area contributed by atoms with Gasteiger partial charge in [0.2, 0.25) is 0 Å². The minimum Gasteiger partial charge on any atom is -0.295 e. The maximum absolute atomic E-state index is 12.3. The topological polar surface area (TPSA) is 97.4 Å². The van der Waals surface area contributed by atoms with Crippen LogP contribution in [0.3, 0.4) is 0 Å². The average molecular weight is 365 g/mol. The minimum atomic E-state index is -4.10. The van der Waals surface area contributed by atoms with E-state index in [0.29, 0.717) is 4.90 Å². The van der Waals surface area contributed by atoms with Crippen molar-refractivity contribution < 1.29 is 22.2 Å². The molecule has 6 nitrogen and oxygen atoms in total. The molecule has 1 amide bonds. The molecule has 0 heterocycles. The van der Waals surface area contributed by atoms with E-state index in [1.54, 1.807) is 0 Å². The summed E-state index contributed by atoms with van der Waals surface area (Å²) in [6, 6.07) is 11.2. The second-order valence-electron chi connectivity index (χ2n) is 5.00. The van der Waals surface area contributed by atoms with Gasteiger partial charge >= 0.3 is 0 Å². The van der Waals surface area contributed by atoms with Crippen LogP contribution in [-0.4, -0.2) is 30.6 Å². The first-order valence-electron chi connectivity index (χ1n) is 6.82. The Labute approximate surface area is 142 Å². The van der Waals surface area contributed by atoms with Crippen LogP contribution in [0.2, 0.25) is 0 Å². The van der Waals surface area contributed by atoms with E-state index >= 15 is 0 Å². The Morgan fingerprint density at radius 2 is 1.62 bits per heavy atom. The molecule has 2 aromatic rings. The lowest BCUT2D eigenvalue weighted by Crippen LogP contribution is -2.30. The fraction of sp³-hybridized carbons (Fsp3) is 0.125. The number of hydrogen-bond acceptors (Lipinski definition) is 5. The van der Waals surface area contributed by atoms with Crippen LogP contribution in [0.25, 0.3) is 0 Å². The summed E-state index contributed by atoms with van der Waals surface area (Å²) in [5.41, 5.74) is 0.357. The van der Waals surface area contributed by atoms with E-state index in [4.69, 9.17) is 0 Å². The molecule has 0 aliphatic rings. The molecular weight excluding hydrogens is 350 g/mol. The number of rotatable bonds is 5. The highest BCUT2D eigenvalue weighted by molar-refractivity contribution is 7.90. The number of nitrogens with one attached hydrogen (secondary N) is 1. The zero-order valence-electron chi connectivity index (χ0n) is 13.0. The molecule has 0 aliphatic carbocycles. The van der Waals surface area contributed by atoms with Crippen LogP contribution >= 0.6 is 0 Å². The highest BCUT2D eigenvalue weighted by atomic mass is 32.2. The van der Waals surface area contributed by atoms with Gasteiger partial charge in [-0.2, -0.15) is 0 Å². The molecule has 24 heavy (non-hydrogen) atoms. The predicted octanol–water partition coefficient (Wildman–Crippen LogP) is 1.75. The zero-order chi connectivity index (χ0) is 17.9. The van der Waals surface area contributed by atoms with Crippen molar-refractivity contribution in [2.45, 2.75) is 16.7 Å². The molecule has 0 unspecified atom stereocenters. The molecular formula is C16H15NO5S2. The molecule has 0 saturated heterocycles. The highest BCUT2D eigenvalue weighted by Gasteiger charge is 2.19. The van der Waals surface area contributed by atoms with Crippen molar-refractivity contribution in [3.05, 3.63) is 59.7 Å². The molecule has 0 spiro atoms. The summed E-state index contributed by atoms with van der Waals surface area (Å²) in [5, 5.41) is 0. The monoisotopic (exact) mass is 365 g/mol. The predicted molar refractivity (Wildman–Crippen MR) is 89.9 cm³/mol. The van der Waals surface area contributed by atoms with Crippen molar-refractivity contribution in [2.75, 3.05) is 6.26 Å². The van der Waals surface area contributed by atoms with Gasteiger partial charge in [0.25, 0.3) is 15.9 Å². The Balaban J connectivity index is 2.25. The first-order chi connectivity index (χ1) is 11.2. The summed E-state index contributed by atoms with van der Waals surface area (Å²) in [6.07, 6.45) is 1.50. The standard InChI is InChI=1S/C16H15NO5S2/c1-11(18)13-4-3-5-15(10-13)24(21,22)17-16(19)12-6-8-14(9-7-12)23(2)20/h3-10H,1-2H3,(H,17,19)/t23-/m1/s1. The van der Waals surface area contributed by atoms with Crippen LogP contribution in [0.15, 0.2) is 58.3 Å². The molecule has 126 valence electrons. The fourth-order valence-corrected chi connectivity index (χ4v) is 3.46. The Morgan fingerprint density at radius 1 is 1.00 bits per heavy atom. The molecule has 0 bridgehead atoms. The second kappa shape index (κ2) is 7.06. The van der Waals surface area contributed by atoms with Gasteiger partial charge in [0, 0.05) is 33.1 Å². The van der Waals surface area contributed by atoms with Crippen LogP contribution < -0.4 is 4.72 Å². The Hall–Kier alpha value is -2.32. The van der Waals surface area contributed by atoms with Crippen molar-refractivity contribution >= 4 is 32.5 Å². The number of Topliss-reactive ketones (excluding diaryl/α,β-unsaturated/α-hetero) is 1. The molecule has 2 rings (SSSR count). The average Bonchev–Trinajstić information content (AvgIpc) is 2.54. The smallest absolute Gasteiger partial charge is 0.264 e. The first-order valence-corrected chi connectivity index (χ1v) is 9.86. The SMILES string of the molecule is CC(=O)c1cccc(S(=O)(=O)NC(=O)c2ccc([S@@](C)=O)cc2)c1. The van der Waals surface area contributed by atoms with Crippen LogP contribution in [0, 0.1) is 0 Å². The molecule has 0 radical (unpaired) electrons. The van der Waals surface area contributed by atoms with E-state index in [1.807, 2.05) is 4.72 Å². The summed E-state index contributed by atoms with van der Waals surface area (Å²) in [5.74, 6) is -1.09. The number of carbonyl (C=O) groups is 2. The van der Waals surface area contributed by atoms with E-state index in [2.05, 4.69) is 0 Å². The number of amides is 1. The van der Waals surface area contributed by atoms with E-state index in [9.17, 15) is 22.2 Å². The van der Waals surface area contributed by atoms with Gasteiger partial charge in [-0.1, -0.05) is 12.1 Å². The number of benzene rings is 2. The third-order valence-corrected chi connectivity index (χ3v) is 5.49. The Morgan fingerprint density at radius 3 is 2.17 bits per heavy atom. The minimum absolute atomic E-state index is 0.121. The van der Waals surface area contributed by atoms with Gasteiger partial charge in [-0.3, -0.25) is 13.8 Å². The number of carbonyl (C=O) groups excluding carboxylic acids is 2. The molecule has 2 aromatic carbocycles. The van der Waals surface area contributed by atoms with E-state index in [0.717, 1.165) is 0 Å². The molecule has 0 fully saturated rings. The van der Waals surface area contributed by atoms with Gasteiger partial charge in [0.05, 0.1) is 4.90 Å². The van der Waals surface area contributed by atoms with Gasteiger partial charge in [-0.25, -0.2) is 13.1 Å². The lowest BCUT2D eigenvalue weighted by atomic mass is 10.2.